The third-order valence-corrected chi connectivity index (χ3v) is 6.99. The lowest BCUT2D eigenvalue weighted by molar-refractivity contribution is -0.121. The summed E-state index contributed by atoms with van der Waals surface area (Å²) in [6, 6.07) is 0. The predicted molar refractivity (Wildman–Crippen MR) is 115 cm³/mol. The molecular weight excluding hydrogens is 300 g/mol. The fourth-order valence-corrected chi connectivity index (χ4v) is 4.37. The van der Waals surface area contributed by atoms with Gasteiger partial charge in [-0.15, -0.1) is 0 Å². The van der Waals surface area contributed by atoms with Gasteiger partial charge in [-0.1, -0.05) is 39.6 Å². The fourth-order valence-electron chi connectivity index (χ4n) is 4.14. The molecule has 1 atom stereocenters. The van der Waals surface area contributed by atoms with E-state index in [-0.39, 0.29) is 11.1 Å². The van der Waals surface area contributed by atoms with Gasteiger partial charge in [0.1, 0.15) is 47.1 Å². The van der Waals surface area contributed by atoms with E-state index in [2.05, 4.69) is 36.4 Å². The van der Waals surface area contributed by atoms with Gasteiger partial charge < -0.3 is 10.7 Å². The van der Waals surface area contributed by atoms with Crippen molar-refractivity contribution in [2.75, 3.05) is 0 Å². The summed E-state index contributed by atoms with van der Waals surface area (Å²) in [4.78, 5) is 16.0. The number of benzene rings is 1. The molecule has 1 aliphatic carbocycles. The average molecular weight is 320 g/mol. The second-order valence-corrected chi connectivity index (χ2v) is 8.17. The Kier molecular flexibility index (Phi) is 3.61. The molecule has 1 amide bonds. The Labute approximate surface area is 147 Å². The molecule has 0 saturated carbocycles. The number of amides is 1. The number of fused-ring (bicyclic) bond motifs is 3. The lowest BCUT2D eigenvalue weighted by atomic mass is 9.32. The van der Waals surface area contributed by atoms with Crippen LogP contribution in [-0.4, -0.2) is 58.0 Å². The van der Waals surface area contributed by atoms with Crippen LogP contribution in [0.3, 0.4) is 0 Å². The van der Waals surface area contributed by atoms with E-state index in [0.29, 0.717) is 0 Å². The van der Waals surface area contributed by atoms with Crippen LogP contribution in [0.5, 0.6) is 0 Å². The lowest BCUT2D eigenvalue weighted by Gasteiger charge is -2.46. The number of aromatic amines is 1. The summed E-state index contributed by atoms with van der Waals surface area (Å²) in [7, 11) is 12.4. The topological polar surface area (TPSA) is 58.9 Å². The first kappa shape index (κ1) is 16.8. The van der Waals surface area contributed by atoms with Crippen LogP contribution in [0.25, 0.3) is 10.9 Å². The van der Waals surface area contributed by atoms with Gasteiger partial charge >= 0.3 is 0 Å². The van der Waals surface area contributed by atoms with Crippen molar-refractivity contribution in [3.63, 3.8) is 0 Å². The summed E-state index contributed by atoms with van der Waals surface area (Å²) in [5.74, 6) is -0.270. The van der Waals surface area contributed by atoms with Crippen molar-refractivity contribution < 1.29 is 4.79 Å². The number of nitrogens with two attached hydrogens (primary N) is 1. The Morgan fingerprint density at radius 3 is 2.30 bits per heavy atom. The highest BCUT2D eigenvalue weighted by atomic mass is 35.5. The number of halogens is 1. The zero-order chi connectivity index (χ0) is 17.3. The first-order valence-corrected chi connectivity index (χ1v) is 8.52. The number of H-pyrrole nitrogens is 1. The zero-order valence-corrected chi connectivity index (χ0v) is 15.5. The van der Waals surface area contributed by atoms with Crippen LogP contribution >= 0.6 is 11.6 Å². The monoisotopic (exact) mass is 320 g/mol. The summed E-state index contributed by atoms with van der Waals surface area (Å²) < 4.78 is 0. The summed E-state index contributed by atoms with van der Waals surface area (Å²) in [6.45, 7) is 0. The van der Waals surface area contributed by atoms with Crippen LogP contribution in [0, 0.1) is 0 Å². The maximum Gasteiger partial charge on any atom is 0.220 e. The molecule has 1 aromatic carbocycles. The number of aryl methyl sites for hydroxylation is 1. The molecule has 1 aromatic heterocycles. The molecule has 0 radical (unpaired) electrons. The van der Waals surface area contributed by atoms with E-state index in [1.54, 1.807) is 0 Å². The minimum absolute atomic E-state index is 0.187. The second kappa shape index (κ2) is 4.95. The summed E-state index contributed by atoms with van der Waals surface area (Å²) >= 11 is 6.55. The smallest absolute Gasteiger partial charge is 0.220 e. The van der Waals surface area contributed by atoms with Gasteiger partial charge in [-0.2, -0.15) is 0 Å². The van der Waals surface area contributed by atoms with Gasteiger partial charge in [0.2, 0.25) is 5.91 Å². The van der Waals surface area contributed by atoms with Crippen LogP contribution in [-0.2, 0) is 16.5 Å². The van der Waals surface area contributed by atoms with E-state index in [4.69, 9.17) is 17.3 Å². The van der Waals surface area contributed by atoms with Gasteiger partial charge in [0.05, 0.1) is 0 Å². The molecule has 2 aromatic rings. The lowest BCUT2D eigenvalue weighted by Crippen LogP contribution is -2.54. The molecule has 0 saturated heterocycles. The standard InChI is InChI=1S/C13H19B6ClN2O/c14-5-4-3-1-2-12(17,18)13(19,11(21)23)10(3)22-9(4)7(16)6(15)8(5)20/h22H,1-2,14-19H2,(H2,21,23). The number of primary amides is 1. The fraction of sp³-hybridized carbons (Fsp3) is 0.308. The van der Waals surface area contributed by atoms with E-state index in [1.165, 1.54) is 10.9 Å². The molecule has 3 nitrogen and oxygen atoms in total. The Morgan fingerprint density at radius 2 is 1.74 bits per heavy atom. The van der Waals surface area contributed by atoms with Crippen molar-refractivity contribution in [2.24, 2.45) is 5.73 Å². The first-order valence-electron chi connectivity index (χ1n) is 8.14. The molecule has 0 bridgehead atoms. The number of aromatic nitrogens is 1. The van der Waals surface area contributed by atoms with Crippen molar-refractivity contribution in [1.29, 1.82) is 0 Å². The van der Waals surface area contributed by atoms with Gasteiger partial charge in [0.15, 0.2) is 0 Å². The molecule has 10 heteroatoms. The van der Waals surface area contributed by atoms with E-state index >= 15 is 0 Å². The van der Waals surface area contributed by atoms with Crippen molar-refractivity contribution in [1.82, 2.24) is 4.98 Å². The van der Waals surface area contributed by atoms with Crippen molar-refractivity contribution in [3.05, 3.63) is 16.3 Å². The molecular formula is C13H19B6ClN2O. The largest absolute Gasteiger partial charge is 0.370 e. The summed E-state index contributed by atoms with van der Waals surface area (Å²) in [6.07, 6.45) is 1.86. The van der Waals surface area contributed by atoms with Crippen LogP contribution in [0.1, 0.15) is 17.7 Å². The number of nitrogens with one attached hydrogen (secondary N) is 1. The maximum absolute atomic E-state index is 12.4. The van der Waals surface area contributed by atoms with Gasteiger partial charge in [0, 0.05) is 21.5 Å². The normalized spacial score (nSPS) is 22.8. The molecule has 23 heavy (non-hydrogen) atoms. The highest BCUT2D eigenvalue weighted by molar-refractivity contribution is 6.63. The van der Waals surface area contributed by atoms with Crippen LogP contribution in [0.4, 0.5) is 0 Å². The van der Waals surface area contributed by atoms with Crippen LogP contribution < -0.4 is 22.1 Å². The Hall–Kier alpha value is -1.09. The minimum atomic E-state index is -0.709. The SMILES string of the molecule is Bc1c(Cl)c(B)c2c3c([nH]c2c1B)C(B)(C(N)=O)C(B)(B)CC3. The highest BCUT2D eigenvalue weighted by Gasteiger charge is 2.51. The molecule has 112 valence electrons. The Bertz CT molecular complexity index is 864. The van der Waals surface area contributed by atoms with Gasteiger partial charge in [-0.3, -0.25) is 4.79 Å². The molecule has 1 aliphatic rings. The molecule has 1 unspecified atom stereocenters. The number of carbonyl (C=O) groups is 1. The number of rotatable bonds is 1. The zero-order valence-electron chi connectivity index (χ0n) is 14.8. The van der Waals surface area contributed by atoms with E-state index < -0.39 is 5.31 Å². The molecule has 3 N–H and O–H groups in total. The second-order valence-electron chi connectivity index (χ2n) is 7.79. The van der Waals surface area contributed by atoms with Gasteiger partial charge in [0.25, 0.3) is 0 Å². The van der Waals surface area contributed by atoms with Gasteiger partial charge in [-0.05, 0) is 17.4 Å². The Morgan fingerprint density at radius 1 is 1.13 bits per heavy atom. The minimum Gasteiger partial charge on any atom is -0.370 e. The van der Waals surface area contributed by atoms with E-state index in [0.717, 1.165) is 45.5 Å². The quantitative estimate of drug-likeness (QED) is 0.506. The van der Waals surface area contributed by atoms with E-state index in [1.807, 2.05) is 15.7 Å². The van der Waals surface area contributed by atoms with Crippen molar-refractivity contribution >= 4 is 91.9 Å². The number of carbonyl (C=O) groups excluding carboxylic acids is 1. The maximum atomic E-state index is 12.4. The van der Waals surface area contributed by atoms with Crippen molar-refractivity contribution in [3.8, 4) is 0 Å². The Balaban J connectivity index is 2.48. The molecule has 0 fully saturated rings. The predicted octanol–water partition coefficient (Wildman–Crippen LogP) is -5.76. The molecule has 1 heterocycles. The molecule has 3 rings (SSSR count). The summed E-state index contributed by atoms with van der Waals surface area (Å²) in [5.41, 5.74) is 12.5. The third-order valence-electron chi connectivity index (χ3n) is 6.42. The summed E-state index contributed by atoms with van der Waals surface area (Å²) in [5, 5.41) is 1.10. The van der Waals surface area contributed by atoms with Crippen LogP contribution in [0.2, 0.25) is 10.2 Å². The number of hydrogen-bond donors (Lipinski definition) is 2. The molecule has 0 aliphatic heterocycles. The third kappa shape index (κ3) is 1.95. The first-order chi connectivity index (χ1) is 10.5. The van der Waals surface area contributed by atoms with Crippen LogP contribution in [0.15, 0.2) is 0 Å². The van der Waals surface area contributed by atoms with E-state index in [9.17, 15) is 4.79 Å². The highest BCUT2D eigenvalue weighted by Crippen LogP contribution is 2.50. The van der Waals surface area contributed by atoms with Gasteiger partial charge in [-0.25, -0.2) is 0 Å². The molecule has 0 spiro atoms. The average Bonchev–Trinajstić information content (AvgIpc) is 2.87. The number of hydrogen-bond acceptors (Lipinski definition) is 1. The van der Waals surface area contributed by atoms with Crippen molar-refractivity contribution in [2.45, 2.75) is 23.4 Å².